The Labute approximate surface area is 129 Å². The highest BCUT2D eigenvalue weighted by atomic mass is 35.5. The summed E-state index contributed by atoms with van der Waals surface area (Å²) in [7, 11) is 0. The number of carbonyl (C=O) groups is 1. The lowest BCUT2D eigenvalue weighted by atomic mass is 10.1. The molecule has 0 saturated carbocycles. The molecule has 0 heterocycles. The summed E-state index contributed by atoms with van der Waals surface area (Å²) in [5.74, 6) is 0.747. The molecular weight excluding hydrogens is 286 g/mol. The molecule has 2 aromatic carbocycles. The minimum atomic E-state index is 0.00371. The molecule has 0 saturated heterocycles. The number of hydrogen-bond acceptors (Lipinski definition) is 2. The molecule has 110 valence electrons. The van der Waals surface area contributed by atoms with Crippen LogP contribution in [0.1, 0.15) is 11.1 Å². The quantitative estimate of drug-likeness (QED) is 0.831. The molecule has 0 unspecified atom stereocenters. The van der Waals surface area contributed by atoms with Gasteiger partial charge in [0.25, 0.3) is 0 Å². The second kappa shape index (κ2) is 7.70. The fourth-order valence-electron chi connectivity index (χ4n) is 1.93. The van der Waals surface area contributed by atoms with Crippen molar-refractivity contribution in [3.05, 3.63) is 64.7 Å². The van der Waals surface area contributed by atoms with E-state index in [0.29, 0.717) is 24.6 Å². The molecule has 3 nitrogen and oxygen atoms in total. The molecule has 0 spiro atoms. The fraction of sp³-hybridized carbons (Fsp3) is 0.235. The van der Waals surface area contributed by atoms with E-state index in [1.165, 1.54) is 0 Å². The van der Waals surface area contributed by atoms with Crippen LogP contribution >= 0.6 is 11.6 Å². The molecule has 2 aromatic rings. The predicted octanol–water partition coefficient (Wildman–Crippen LogP) is 3.39. The topological polar surface area (TPSA) is 38.3 Å². The van der Waals surface area contributed by atoms with E-state index >= 15 is 0 Å². The Bertz CT molecular complexity index is 596. The molecular formula is C17H18ClNO2. The number of benzene rings is 2. The number of carbonyl (C=O) groups excluding carboxylic acids is 1. The van der Waals surface area contributed by atoms with Crippen molar-refractivity contribution in [2.75, 3.05) is 13.2 Å². The number of halogens is 1. The van der Waals surface area contributed by atoms with Crippen molar-refractivity contribution in [3.63, 3.8) is 0 Å². The van der Waals surface area contributed by atoms with Crippen molar-refractivity contribution in [2.45, 2.75) is 13.3 Å². The van der Waals surface area contributed by atoms with E-state index in [4.69, 9.17) is 16.3 Å². The van der Waals surface area contributed by atoms with Gasteiger partial charge < -0.3 is 10.1 Å². The number of hydrogen-bond donors (Lipinski definition) is 1. The third kappa shape index (κ3) is 5.12. The third-order valence-electron chi connectivity index (χ3n) is 3.12. The van der Waals surface area contributed by atoms with E-state index in [1.54, 1.807) is 24.3 Å². The van der Waals surface area contributed by atoms with Crippen LogP contribution in [0.25, 0.3) is 0 Å². The van der Waals surface area contributed by atoms with E-state index in [-0.39, 0.29) is 5.91 Å². The summed E-state index contributed by atoms with van der Waals surface area (Å²) in [4.78, 5) is 11.8. The Balaban J connectivity index is 1.70. The SMILES string of the molecule is Cc1ccccc1CC(=O)NCCOc1ccc(Cl)cc1. The van der Waals surface area contributed by atoms with E-state index in [2.05, 4.69) is 5.32 Å². The van der Waals surface area contributed by atoms with Gasteiger partial charge in [0.15, 0.2) is 0 Å². The van der Waals surface area contributed by atoms with Gasteiger partial charge in [0, 0.05) is 5.02 Å². The van der Waals surface area contributed by atoms with Crippen molar-refractivity contribution in [3.8, 4) is 5.75 Å². The minimum Gasteiger partial charge on any atom is -0.492 e. The maximum atomic E-state index is 11.8. The highest BCUT2D eigenvalue weighted by Crippen LogP contribution is 2.15. The summed E-state index contributed by atoms with van der Waals surface area (Å²) in [5, 5.41) is 3.52. The number of aryl methyl sites for hydroxylation is 1. The van der Waals surface area contributed by atoms with Crippen molar-refractivity contribution < 1.29 is 9.53 Å². The van der Waals surface area contributed by atoms with Crippen LogP contribution in [0.5, 0.6) is 5.75 Å². The lowest BCUT2D eigenvalue weighted by molar-refractivity contribution is -0.120. The molecule has 2 rings (SSSR count). The Morgan fingerprint density at radius 2 is 1.86 bits per heavy atom. The van der Waals surface area contributed by atoms with E-state index in [0.717, 1.165) is 16.9 Å². The van der Waals surface area contributed by atoms with Crippen LogP contribution in [0.15, 0.2) is 48.5 Å². The molecule has 0 aliphatic heterocycles. The average Bonchev–Trinajstić information content (AvgIpc) is 2.48. The Morgan fingerprint density at radius 1 is 1.14 bits per heavy atom. The smallest absolute Gasteiger partial charge is 0.224 e. The van der Waals surface area contributed by atoms with Crippen LogP contribution in [0.3, 0.4) is 0 Å². The molecule has 0 bridgehead atoms. The second-order valence-corrected chi connectivity index (χ2v) is 5.19. The van der Waals surface area contributed by atoms with Gasteiger partial charge >= 0.3 is 0 Å². The Hall–Kier alpha value is -2.00. The normalized spacial score (nSPS) is 10.2. The van der Waals surface area contributed by atoms with Crippen molar-refractivity contribution >= 4 is 17.5 Å². The molecule has 1 amide bonds. The largest absolute Gasteiger partial charge is 0.492 e. The maximum absolute atomic E-state index is 11.8. The molecule has 0 aromatic heterocycles. The summed E-state index contributed by atoms with van der Waals surface area (Å²) >= 11 is 5.79. The first-order chi connectivity index (χ1) is 10.1. The number of ether oxygens (including phenoxy) is 1. The van der Waals surface area contributed by atoms with Gasteiger partial charge in [-0.2, -0.15) is 0 Å². The van der Waals surface area contributed by atoms with Crippen molar-refractivity contribution in [1.82, 2.24) is 5.32 Å². The van der Waals surface area contributed by atoms with Crippen LogP contribution in [0, 0.1) is 6.92 Å². The highest BCUT2D eigenvalue weighted by Gasteiger charge is 2.04. The lowest BCUT2D eigenvalue weighted by Gasteiger charge is -2.09. The van der Waals surface area contributed by atoms with Gasteiger partial charge in [-0.25, -0.2) is 0 Å². The molecule has 1 N–H and O–H groups in total. The lowest BCUT2D eigenvalue weighted by Crippen LogP contribution is -2.29. The molecule has 0 aliphatic rings. The predicted molar refractivity (Wildman–Crippen MR) is 84.8 cm³/mol. The van der Waals surface area contributed by atoms with Gasteiger partial charge in [0.2, 0.25) is 5.91 Å². The first-order valence-corrected chi connectivity index (χ1v) is 7.22. The third-order valence-corrected chi connectivity index (χ3v) is 3.37. The van der Waals surface area contributed by atoms with Gasteiger partial charge in [-0.3, -0.25) is 4.79 Å². The van der Waals surface area contributed by atoms with E-state index < -0.39 is 0 Å². The molecule has 0 fully saturated rings. The maximum Gasteiger partial charge on any atom is 0.224 e. The molecule has 0 aliphatic carbocycles. The Morgan fingerprint density at radius 3 is 2.57 bits per heavy atom. The first kappa shape index (κ1) is 15.4. The number of nitrogens with one attached hydrogen (secondary N) is 1. The standard InChI is InChI=1S/C17H18ClNO2/c1-13-4-2-3-5-14(13)12-17(20)19-10-11-21-16-8-6-15(18)7-9-16/h2-9H,10-12H2,1H3,(H,19,20). The summed E-state index contributed by atoms with van der Waals surface area (Å²) < 4.78 is 5.51. The molecule has 21 heavy (non-hydrogen) atoms. The summed E-state index contributed by atoms with van der Waals surface area (Å²) in [6.45, 7) is 2.92. The fourth-order valence-corrected chi connectivity index (χ4v) is 2.06. The molecule has 0 radical (unpaired) electrons. The monoisotopic (exact) mass is 303 g/mol. The van der Waals surface area contributed by atoms with Gasteiger partial charge in [-0.05, 0) is 42.3 Å². The number of rotatable bonds is 6. The van der Waals surface area contributed by atoms with Gasteiger partial charge in [-0.15, -0.1) is 0 Å². The zero-order valence-electron chi connectivity index (χ0n) is 11.9. The van der Waals surface area contributed by atoms with Crippen LogP contribution in [0.2, 0.25) is 5.02 Å². The van der Waals surface area contributed by atoms with Crippen molar-refractivity contribution in [2.24, 2.45) is 0 Å². The zero-order valence-corrected chi connectivity index (χ0v) is 12.7. The van der Waals surface area contributed by atoms with E-state index in [9.17, 15) is 4.79 Å². The molecule has 0 atom stereocenters. The van der Waals surface area contributed by atoms with E-state index in [1.807, 2.05) is 31.2 Å². The van der Waals surface area contributed by atoms with Gasteiger partial charge in [-0.1, -0.05) is 35.9 Å². The molecule has 4 heteroatoms. The van der Waals surface area contributed by atoms with Gasteiger partial charge in [0.1, 0.15) is 12.4 Å². The second-order valence-electron chi connectivity index (χ2n) is 4.76. The zero-order chi connectivity index (χ0) is 15.1. The summed E-state index contributed by atoms with van der Waals surface area (Å²) in [6, 6.07) is 15.0. The van der Waals surface area contributed by atoms with Crippen molar-refractivity contribution in [1.29, 1.82) is 0 Å². The van der Waals surface area contributed by atoms with Gasteiger partial charge in [0.05, 0.1) is 13.0 Å². The van der Waals surface area contributed by atoms with Crippen LogP contribution in [-0.4, -0.2) is 19.1 Å². The average molecular weight is 304 g/mol. The Kier molecular flexibility index (Phi) is 5.64. The summed E-state index contributed by atoms with van der Waals surface area (Å²) in [5.41, 5.74) is 2.18. The highest BCUT2D eigenvalue weighted by molar-refractivity contribution is 6.30. The van der Waals surface area contributed by atoms with Crippen LogP contribution in [0.4, 0.5) is 0 Å². The van der Waals surface area contributed by atoms with Crippen LogP contribution in [-0.2, 0) is 11.2 Å². The number of amides is 1. The minimum absolute atomic E-state index is 0.00371. The first-order valence-electron chi connectivity index (χ1n) is 6.85. The summed E-state index contributed by atoms with van der Waals surface area (Å²) in [6.07, 6.45) is 0.396. The van der Waals surface area contributed by atoms with Crippen LogP contribution < -0.4 is 10.1 Å².